The maximum Gasteiger partial charge on any atom is 0.312 e. The molecular weight excluding hydrogens is 194 g/mol. The van der Waals surface area contributed by atoms with Gasteiger partial charge in [-0.2, -0.15) is 5.26 Å². The maximum absolute atomic E-state index is 11.6. The molecule has 0 radical (unpaired) electrons. The van der Waals surface area contributed by atoms with Gasteiger partial charge in [-0.05, 0) is 25.2 Å². The minimum atomic E-state index is -0.649. The van der Waals surface area contributed by atoms with Gasteiger partial charge in [0, 0.05) is 12.6 Å². The summed E-state index contributed by atoms with van der Waals surface area (Å²) in [5.41, 5.74) is 0. The van der Waals surface area contributed by atoms with E-state index in [1.807, 2.05) is 0 Å². The number of carbonyl (C=O) groups is 2. The number of hydrogen-bond acceptors (Lipinski definition) is 3. The van der Waals surface area contributed by atoms with Crippen molar-refractivity contribution < 1.29 is 9.59 Å². The third-order valence-electron chi connectivity index (χ3n) is 3.19. The number of rotatable bonds is 1. The van der Waals surface area contributed by atoms with Crippen LogP contribution in [0.3, 0.4) is 0 Å². The normalized spacial score (nSPS) is 27.5. The van der Waals surface area contributed by atoms with E-state index in [-0.39, 0.29) is 12.6 Å². The highest BCUT2D eigenvalue weighted by molar-refractivity contribution is 6.35. The molecule has 5 heteroatoms. The van der Waals surface area contributed by atoms with Crippen LogP contribution in [0.25, 0.3) is 0 Å². The summed E-state index contributed by atoms with van der Waals surface area (Å²) in [5.74, 6) is -0.538. The Bertz CT molecular complexity index is 334. The number of amides is 2. The lowest BCUT2D eigenvalue weighted by Crippen LogP contribution is -2.46. The van der Waals surface area contributed by atoms with Gasteiger partial charge >= 0.3 is 11.8 Å². The smallest absolute Gasteiger partial charge is 0.312 e. The summed E-state index contributed by atoms with van der Waals surface area (Å²) in [5, 5.41) is 10.6. The molecule has 2 aliphatic rings. The highest BCUT2D eigenvalue weighted by Gasteiger charge is 2.41. The quantitative estimate of drug-likeness (QED) is 0.471. The van der Waals surface area contributed by atoms with Crippen molar-refractivity contribution in [2.24, 2.45) is 5.92 Å². The molecular formula is C10H13N3O2. The first-order valence-corrected chi connectivity index (χ1v) is 5.18. The molecule has 1 aliphatic carbocycles. The van der Waals surface area contributed by atoms with E-state index in [2.05, 4.69) is 5.32 Å². The summed E-state index contributed by atoms with van der Waals surface area (Å²) in [7, 11) is 0. The molecule has 2 fully saturated rings. The van der Waals surface area contributed by atoms with E-state index < -0.39 is 11.8 Å². The molecule has 1 N–H and O–H groups in total. The van der Waals surface area contributed by atoms with Gasteiger partial charge in [-0.15, -0.1) is 0 Å². The molecule has 0 aromatic heterocycles. The third-order valence-corrected chi connectivity index (χ3v) is 3.19. The van der Waals surface area contributed by atoms with Crippen LogP contribution in [0.2, 0.25) is 0 Å². The van der Waals surface area contributed by atoms with Crippen molar-refractivity contribution in [3.63, 3.8) is 0 Å². The summed E-state index contributed by atoms with van der Waals surface area (Å²) in [6.07, 6.45) is 3.23. The highest BCUT2D eigenvalue weighted by Crippen LogP contribution is 2.37. The minimum absolute atomic E-state index is 0.105. The molecule has 5 nitrogen and oxygen atoms in total. The van der Waals surface area contributed by atoms with E-state index in [1.165, 1.54) is 6.42 Å². The molecule has 1 saturated heterocycles. The van der Waals surface area contributed by atoms with Gasteiger partial charge in [0.05, 0.1) is 6.07 Å². The second kappa shape index (κ2) is 3.89. The fourth-order valence-electron chi connectivity index (χ4n) is 2.50. The zero-order valence-corrected chi connectivity index (χ0v) is 8.40. The lowest BCUT2D eigenvalue weighted by Gasteiger charge is -2.25. The van der Waals surface area contributed by atoms with Gasteiger partial charge in [0.2, 0.25) is 0 Å². The van der Waals surface area contributed by atoms with Gasteiger partial charge < -0.3 is 10.2 Å². The van der Waals surface area contributed by atoms with Gasteiger partial charge in [-0.3, -0.25) is 9.59 Å². The Hall–Kier alpha value is -1.57. The molecule has 0 aromatic carbocycles. The molecule has 2 amide bonds. The van der Waals surface area contributed by atoms with Crippen LogP contribution in [0.1, 0.15) is 19.3 Å². The average molecular weight is 207 g/mol. The van der Waals surface area contributed by atoms with Crippen molar-refractivity contribution in [2.75, 3.05) is 13.1 Å². The fourth-order valence-corrected chi connectivity index (χ4v) is 2.50. The number of likely N-dealkylation sites (tertiary alicyclic amines) is 1. The number of piperidine rings is 1. The van der Waals surface area contributed by atoms with Crippen LogP contribution in [0.4, 0.5) is 0 Å². The van der Waals surface area contributed by atoms with Crippen LogP contribution < -0.4 is 5.32 Å². The van der Waals surface area contributed by atoms with E-state index >= 15 is 0 Å². The van der Waals surface area contributed by atoms with Crippen molar-refractivity contribution in [1.29, 1.82) is 5.26 Å². The fraction of sp³-hybridized carbons (Fsp3) is 0.700. The first kappa shape index (κ1) is 9.97. The summed E-state index contributed by atoms with van der Waals surface area (Å²) in [4.78, 5) is 24.6. The average Bonchev–Trinajstić information content (AvgIpc) is 2.86. The van der Waals surface area contributed by atoms with E-state index in [4.69, 9.17) is 5.26 Å². The SMILES string of the molecule is N#CCNC(=O)C(=O)N1CC2CCC1C2. The lowest BCUT2D eigenvalue weighted by atomic mass is 10.1. The van der Waals surface area contributed by atoms with Gasteiger partial charge in [0.1, 0.15) is 6.54 Å². The highest BCUT2D eigenvalue weighted by atomic mass is 16.2. The minimum Gasteiger partial charge on any atom is -0.335 e. The second-order valence-corrected chi connectivity index (χ2v) is 4.13. The first-order valence-electron chi connectivity index (χ1n) is 5.18. The zero-order chi connectivity index (χ0) is 10.8. The largest absolute Gasteiger partial charge is 0.335 e. The summed E-state index contributed by atoms with van der Waals surface area (Å²) in [6, 6.07) is 2.03. The van der Waals surface area contributed by atoms with E-state index in [0.717, 1.165) is 12.8 Å². The molecule has 0 spiro atoms. The van der Waals surface area contributed by atoms with Crippen molar-refractivity contribution in [1.82, 2.24) is 10.2 Å². The molecule has 1 aliphatic heterocycles. The summed E-state index contributed by atoms with van der Waals surface area (Å²) >= 11 is 0. The predicted molar refractivity (Wildman–Crippen MR) is 51.5 cm³/mol. The molecule has 15 heavy (non-hydrogen) atoms. The lowest BCUT2D eigenvalue weighted by molar-refractivity contribution is -0.146. The van der Waals surface area contributed by atoms with Crippen LogP contribution in [0, 0.1) is 17.2 Å². The van der Waals surface area contributed by atoms with Crippen molar-refractivity contribution in [2.45, 2.75) is 25.3 Å². The molecule has 2 atom stereocenters. The van der Waals surface area contributed by atoms with Crippen LogP contribution in [0.15, 0.2) is 0 Å². The number of hydrogen-bond donors (Lipinski definition) is 1. The van der Waals surface area contributed by atoms with E-state index in [1.54, 1.807) is 11.0 Å². The van der Waals surface area contributed by atoms with Crippen LogP contribution in [-0.2, 0) is 9.59 Å². The number of fused-ring (bicyclic) bond motifs is 2. The van der Waals surface area contributed by atoms with Gasteiger partial charge in [0.15, 0.2) is 0 Å². The summed E-state index contributed by atoms with van der Waals surface area (Å²) < 4.78 is 0. The molecule has 2 unspecified atom stereocenters. The molecule has 1 heterocycles. The standard InChI is InChI=1S/C10H13N3O2/c11-3-4-12-9(14)10(15)13-6-7-1-2-8(13)5-7/h7-8H,1-2,4-6H2,(H,12,14). The molecule has 0 aromatic rings. The van der Waals surface area contributed by atoms with Crippen LogP contribution >= 0.6 is 0 Å². The van der Waals surface area contributed by atoms with Gasteiger partial charge in [0.25, 0.3) is 0 Å². The van der Waals surface area contributed by atoms with Crippen molar-refractivity contribution in [3.8, 4) is 6.07 Å². The van der Waals surface area contributed by atoms with E-state index in [9.17, 15) is 9.59 Å². The third kappa shape index (κ3) is 1.80. The predicted octanol–water partition coefficient (Wildman–Crippen LogP) is -0.363. The number of nitrogens with zero attached hydrogens (tertiary/aromatic N) is 2. The Morgan fingerprint density at radius 2 is 2.27 bits per heavy atom. The van der Waals surface area contributed by atoms with Gasteiger partial charge in [-0.25, -0.2) is 0 Å². The molecule has 1 saturated carbocycles. The zero-order valence-electron chi connectivity index (χ0n) is 8.40. The molecule has 80 valence electrons. The Kier molecular flexibility index (Phi) is 2.58. The Morgan fingerprint density at radius 3 is 2.80 bits per heavy atom. The molecule has 2 rings (SSSR count). The van der Waals surface area contributed by atoms with E-state index in [0.29, 0.717) is 12.5 Å². The van der Waals surface area contributed by atoms with Crippen LogP contribution in [0.5, 0.6) is 0 Å². The maximum atomic E-state index is 11.6. The monoisotopic (exact) mass is 207 g/mol. The Morgan fingerprint density at radius 1 is 1.47 bits per heavy atom. The Balaban J connectivity index is 1.91. The topological polar surface area (TPSA) is 73.2 Å². The molecule has 2 bridgehead atoms. The van der Waals surface area contributed by atoms with Crippen molar-refractivity contribution >= 4 is 11.8 Å². The number of carbonyl (C=O) groups excluding carboxylic acids is 2. The van der Waals surface area contributed by atoms with Crippen molar-refractivity contribution in [3.05, 3.63) is 0 Å². The summed E-state index contributed by atoms with van der Waals surface area (Å²) in [6.45, 7) is 0.607. The number of nitrogens with one attached hydrogen (secondary N) is 1. The number of nitriles is 1. The van der Waals surface area contributed by atoms with Gasteiger partial charge in [-0.1, -0.05) is 0 Å². The Labute approximate surface area is 88.0 Å². The van der Waals surface area contributed by atoms with Crippen LogP contribution in [-0.4, -0.2) is 35.8 Å². The second-order valence-electron chi connectivity index (χ2n) is 4.13. The first-order chi connectivity index (χ1) is 7.22.